The van der Waals surface area contributed by atoms with Crippen LogP contribution < -0.4 is 4.74 Å². The van der Waals surface area contributed by atoms with Gasteiger partial charge in [-0.3, -0.25) is 4.98 Å². The molecule has 0 amide bonds. The normalized spacial score (nSPS) is 19.6. The average molecular weight is 436 g/mol. The molecule has 0 N–H and O–H groups in total. The summed E-state index contributed by atoms with van der Waals surface area (Å²) in [5, 5.41) is 0. The van der Waals surface area contributed by atoms with E-state index in [4.69, 9.17) is 4.74 Å². The van der Waals surface area contributed by atoms with Gasteiger partial charge in [0.05, 0.1) is 12.3 Å². The lowest BCUT2D eigenvalue weighted by Crippen LogP contribution is -2.20. The Morgan fingerprint density at radius 3 is 2.25 bits per heavy atom. The Morgan fingerprint density at radius 1 is 0.906 bits per heavy atom. The lowest BCUT2D eigenvalue weighted by molar-refractivity contribution is 0.190. The summed E-state index contributed by atoms with van der Waals surface area (Å²) in [5.41, 5.74) is 3.52. The van der Waals surface area contributed by atoms with Crippen LogP contribution in [-0.4, -0.2) is 11.6 Å². The Morgan fingerprint density at radius 2 is 1.62 bits per heavy atom. The van der Waals surface area contributed by atoms with Crippen LogP contribution >= 0.6 is 0 Å². The maximum Gasteiger partial charge on any atom is 0.119 e. The first kappa shape index (κ1) is 24.8. The molecule has 1 fully saturated rings. The summed E-state index contributed by atoms with van der Waals surface area (Å²) in [6, 6.07) is 12.8. The summed E-state index contributed by atoms with van der Waals surface area (Å²) < 4.78 is 6.08. The zero-order valence-corrected chi connectivity index (χ0v) is 20.8. The number of hydrogen-bond acceptors (Lipinski definition) is 2. The van der Waals surface area contributed by atoms with Crippen LogP contribution in [0.3, 0.4) is 0 Å². The first-order chi connectivity index (χ1) is 15.7. The fourth-order valence-electron chi connectivity index (χ4n) is 5.22. The van der Waals surface area contributed by atoms with Gasteiger partial charge < -0.3 is 4.74 Å². The van der Waals surface area contributed by atoms with Crippen molar-refractivity contribution in [2.45, 2.75) is 97.8 Å². The van der Waals surface area contributed by atoms with Crippen molar-refractivity contribution in [3.8, 4) is 17.0 Å². The minimum Gasteiger partial charge on any atom is -0.494 e. The van der Waals surface area contributed by atoms with Crippen molar-refractivity contribution >= 4 is 0 Å². The van der Waals surface area contributed by atoms with Gasteiger partial charge >= 0.3 is 0 Å². The third kappa shape index (κ3) is 7.94. The molecular formula is C30H45NO. The monoisotopic (exact) mass is 435 g/mol. The van der Waals surface area contributed by atoms with Crippen LogP contribution in [0.2, 0.25) is 0 Å². The molecule has 0 saturated heterocycles. The average Bonchev–Trinajstić information content (AvgIpc) is 2.83. The van der Waals surface area contributed by atoms with E-state index < -0.39 is 0 Å². The van der Waals surface area contributed by atoms with Crippen LogP contribution in [0.1, 0.15) is 97.0 Å². The second kappa shape index (κ2) is 13.7. The molecule has 1 aliphatic rings. The Kier molecular flexibility index (Phi) is 10.6. The molecule has 0 spiro atoms. The van der Waals surface area contributed by atoms with Gasteiger partial charge in [0.15, 0.2) is 0 Å². The fraction of sp³-hybridized carbons (Fsp3) is 0.633. The Bertz CT molecular complexity index is 751. The zero-order valence-electron chi connectivity index (χ0n) is 20.8. The molecule has 32 heavy (non-hydrogen) atoms. The fourth-order valence-corrected chi connectivity index (χ4v) is 5.22. The number of pyridine rings is 1. The maximum atomic E-state index is 6.08. The van der Waals surface area contributed by atoms with E-state index in [0.29, 0.717) is 5.92 Å². The van der Waals surface area contributed by atoms with E-state index in [-0.39, 0.29) is 0 Å². The van der Waals surface area contributed by atoms with E-state index in [1.54, 1.807) is 0 Å². The van der Waals surface area contributed by atoms with E-state index >= 15 is 0 Å². The molecule has 2 aromatic rings. The van der Waals surface area contributed by atoms with Crippen molar-refractivity contribution in [3.63, 3.8) is 0 Å². The van der Waals surface area contributed by atoms with E-state index in [1.165, 1.54) is 76.2 Å². The van der Waals surface area contributed by atoms with Crippen molar-refractivity contribution in [3.05, 3.63) is 48.2 Å². The van der Waals surface area contributed by atoms with Crippen molar-refractivity contribution in [1.29, 1.82) is 0 Å². The van der Waals surface area contributed by atoms with Crippen molar-refractivity contribution < 1.29 is 4.74 Å². The number of rotatable bonds is 13. The summed E-state index contributed by atoms with van der Waals surface area (Å²) in [5.74, 6) is 3.59. The number of ether oxygens (including phenoxy) is 1. The quantitative estimate of drug-likeness (QED) is 0.293. The van der Waals surface area contributed by atoms with E-state index in [0.717, 1.165) is 41.9 Å². The highest BCUT2D eigenvalue weighted by Gasteiger charge is 2.24. The molecule has 3 atom stereocenters. The molecule has 0 radical (unpaired) electrons. The van der Waals surface area contributed by atoms with Crippen molar-refractivity contribution in [2.75, 3.05) is 6.61 Å². The van der Waals surface area contributed by atoms with E-state index in [1.807, 2.05) is 6.20 Å². The van der Waals surface area contributed by atoms with Crippen molar-refractivity contribution in [1.82, 2.24) is 4.98 Å². The summed E-state index contributed by atoms with van der Waals surface area (Å²) in [4.78, 5) is 4.69. The molecule has 1 heterocycles. The van der Waals surface area contributed by atoms with Gasteiger partial charge in [-0.2, -0.15) is 0 Å². The van der Waals surface area contributed by atoms with E-state index in [2.05, 4.69) is 62.2 Å². The van der Waals surface area contributed by atoms with Gasteiger partial charge in [0.1, 0.15) is 5.75 Å². The molecule has 1 saturated carbocycles. The van der Waals surface area contributed by atoms with Crippen LogP contribution in [0.5, 0.6) is 5.75 Å². The van der Waals surface area contributed by atoms with Gasteiger partial charge in [-0.15, -0.1) is 0 Å². The highest BCUT2D eigenvalue weighted by Crippen LogP contribution is 2.36. The molecule has 1 aliphatic carbocycles. The molecule has 1 aromatic heterocycles. The topological polar surface area (TPSA) is 22.1 Å². The van der Waals surface area contributed by atoms with Crippen LogP contribution in [0.4, 0.5) is 0 Å². The summed E-state index contributed by atoms with van der Waals surface area (Å²) >= 11 is 0. The first-order valence-corrected chi connectivity index (χ1v) is 13.4. The van der Waals surface area contributed by atoms with Gasteiger partial charge in [0.25, 0.3) is 0 Å². The largest absolute Gasteiger partial charge is 0.494 e. The lowest BCUT2D eigenvalue weighted by atomic mass is 9.74. The number of benzene rings is 1. The van der Waals surface area contributed by atoms with Crippen molar-refractivity contribution in [2.24, 2.45) is 17.8 Å². The molecule has 176 valence electrons. The SMILES string of the molecule is CCCCCC1CCCCC1CCCOc1ccc(-c2ccc(C[C@@H](C)CC)cn2)cc1. The van der Waals surface area contributed by atoms with Gasteiger partial charge in [-0.1, -0.05) is 84.6 Å². The Balaban J connectivity index is 1.42. The predicted octanol–water partition coefficient (Wildman–Crippen LogP) is 8.88. The zero-order chi connectivity index (χ0) is 22.6. The Labute approximate surface area is 197 Å². The van der Waals surface area contributed by atoms with Gasteiger partial charge in [0, 0.05) is 11.8 Å². The third-order valence-electron chi connectivity index (χ3n) is 7.49. The Hall–Kier alpha value is -1.83. The molecule has 0 aliphatic heterocycles. The highest BCUT2D eigenvalue weighted by atomic mass is 16.5. The van der Waals surface area contributed by atoms with Crippen LogP contribution in [0.25, 0.3) is 11.3 Å². The molecule has 2 unspecified atom stereocenters. The summed E-state index contributed by atoms with van der Waals surface area (Å²) in [6.07, 6.45) is 18.3. The van der Waals surface area contributed by atoms with Gasteiger partial charge in [-0.25, -0.2) is 0 Å². The molecule has 0 bridgehead atoms. The predicted molar refractivity (Wildman–Crippen MR) is 137 cm³/mol. The number of nitrogens with zero attached hydrogens (tertiary/aromatic N) is 1. The first-order valence-electron chi connectivity index (χ1n) is 13.4. The number of unbranched alkanes of at least 4 members (excludes halogenated alkanes) is 2. The lowest BCUT2D eigenvalue weighted by Gasteiger charge is -2.31. The van der Waals surface area contributed by atoms with E-state index in [9.17, 15) is 0 Å². The smallest absolute Gasteiger partial charge is 0.119 e. The molecule has 3 rings (SSSR count). The third-order valence-corrected chi connectivity index (χ3v) is 7.49. The van der Waals surface area contributed by atoms with Gasteiger partial charge in [-0.05, 0) is 72.9 Å². The highest BCUT2D eigenvalue weighted by molar-refractivity contribution is 5.60. The molecule has 1 aromatic carbocycles. The second-order valence-electron chi connectivity index (χ2n) is 10.1. The number of hydrogen-bond donors (Lipinski definition) is 0. The van der Waals surface area contributed by atoms with Crippen LogP contribution in [-0.2, 0) is 6.42 Å². The molecular weight excluding hydrogens is 390 g/mol. The number of aromatic nitrogens is 1. The van der Waals surface area contributed by atoms with Gasteiger partial charge in [0.2, 0.25) is 0 Å². The second-order valence-corrected chi connectivity index (χ2v) is 10.1. The van der Waals surface area contributed by atoms with Crippen LogP contribution in [0, 0.1) is 17.8 Å². The molecule has 2 heteroatoms. The minimum absolute atomic E-state index is 0.712. The maximum absolute atomic E-state index is 6.08. The van der Waals surface area contributed by atoms with Crippen LogP contribution in [0.15, 0.2) is 42.6 Å². The summed E-state index contributed by atoms with van der Waals surface area (Å²) in [7, 11) is 0. The standard InChI is InChI=1S/C30H45NO/c1-4-6-7-11-26-12-8-9-13-27(26)14-10-21-32-29-18-16-28(17-19-29)30-20-15-25(23-31-30)22-24(3)5-2/h15-20,23-24,26-27H,4-14,21-22H2,1-3H3/t24-,26?,27?/m0/s1. The molecule has 2 nitrogen and oxygen atoms in total. The summed E-state index contributed by atoms with van der Waals surface area (Å²) in [6.45, 7) is 7.69. The minimum atomic E-state index is 0.712.